The van der Waals surface area contributed by atoms with Crippen molar-refractivity contribution in [3.05, 3.63) is 27.5 Å². The molecule has 0 atom stereocenters. The van der Waals surface area contributed by atoms with Crippen LogP contribution in [0.2, 0.25) is 0 Å². The van der Waals surface area contributed by atoms with Crippen LogP contribution in [0.4, 0.5) is 5.69 Å². The van der Waals surface area contributed by atoms with Gasteiger partial charge in [-0.05, 0) is 25.0 Å². The van der Waals surface area contributed by atoms with E-state index in [2.05, 4.69) is 15.9 Å². The molecule has 1 aliphatic carbocycles. The fraction of sp³-hybridized carbons (Fsp3) is 0.438. The number of rotatable bonds is 2. The van der Waals surface area contributed by atoms with Crippen LogP contribution >= 0.6 is 27.3 Å². The molecule has 0 unspecified atom stereocenters. The van der Waals surface area contributed by atoms with Crippen molar-refractivity contribution in [3.63, 3.8) is 0 Å². The van der Waals surface area contributed by atoms with Gasteiger partial charge in [0.15, 0.2) is 0 Å². The standard InChI is InChI=1S/C16H19BrN2OS/c1-19(11-5-3-2-4-6-11)16(20)15-14(18)12-8-7-10(17)9-13(12)21-15/h7-9,11H,2-6,18H2,1H3. The first-order chi connectivity index (χ1) is 10.1. The molecule has 2 aromatic rings. The second kappa shape index (κ2) is 5.97. The number of nitrogens with two attached hydrogens (primary N) is 1. The molecule has 5 heteroatoms. The van der Waals surface area contributed by atoms with E-state index in [1.165, 1.54) is 30.6 Å². The number of amides is 1. The van der Waals surface area contributed by atoms with E-state index in [-0.39, 0.29) is 5.91 Å². The number of carbonyl (C=O) groups is 1. The lowest BCUT2D eigenvalue weighted by Crippen LogP contribution is -2.38. The van der Waals surface area contributed by atoms with Crippen molar-refractivity contribution in [1.82, 2.24) is 4.90 Å². The number of nitrogens with zero attached hydrogens (tertiary/aromatic N) is 1. The number of thiophene rings is 1. The van der Waals surface area contributed by atoms with Crippen LogP contribution in [-0.4, -0.2) is 23.9 Å². The fourth-order valence-corrected chi connectivity index (χ4v) is 4.70. The highest BCUT2D eigenvalue weighted by molar-refractivity contribution is 9.10. The summed E-state index contributed by atoms with van der Waals surface area (Å²) >= 11 is 4.96. The lowest BCUT2D eigenvalue weighted by molar-refractivity contribution is 0.0702. The van der Waals surface area contributed by atoms with E-state index in [4.69, 9.17) is 5.73 Å². The average Bonchev–Trinajstić information content (AvgIpc) is 2.83. The zero-order valence-corrected chi connectivity index (χ0v) is 14.5. The summed E-state index contributed by atoms with van der Waals surface area (Å²) in [6, 6.07) is 6.32. The molecule has 1 aromatic heterocycles. The predicted octanol–water partition coefficient (Wildman–Crippen LogP) is 4.65. The number of nitrogen functional groups attached to an aromatic ring is 1. The monoisotopic (exact) mass is 366 g/mol. The van der Waals surface area contributed by atoms with Gasteiger partial charge >= 0.3 is 0 Å². The zero-order valence-electron chi connectivity index (χ0n) is 12.1. The second-order valence-electron chi connectivity index (χ2n) is 5.69. The molecular formula is C16H19BrN2OS. The third-order valence-corrected chi connectivity index (χ3v) is 5.98. The van der Waals surface area contributed by atoms with Crippen molar-refractivity contribution in [2.75, 3.05) is 12.8 Å². The molecule has 0 saturated heterocycles. The molecule has 112 valence electrons. The van der Waals surface area contributed by atoms with Gasteiger partial charge < -0.3 is 10.6 Å². The molecule has 3 rings (SSSR count). The van der Waals surface area contributed by atoms with Crippen LogP contribution in [0.1, 0.15) is 41.8 Å². The first kappa shape index (κ1) is 14.9. The quantitative estimate of drug-likeness (QED) is 0.840. The molecule has 1 saturated carbocycles. The van der Waals surface area contributed by atoms with Gasteiger partial charge in [-0.2, -0.15) is 0 Å². The largest absolute Gasteiger partial charge is 0.397 e. The van der Waals surface area contributed by atoms with Gasteiger partial charge in [0.25, 0.3) is 5.91 Å². The number of benzene rings is 1. The molecule has 0 spiro atoms. The maximum Gasteiger partial charge on any atom is 0.266 e. The smallest absolute Gasteiger partial charge is 0.266 e. The highest BCUT2D eigenvalue weighted by Gasteiger charge is 2.26. The van der Waals surface area contributed by atoms with Crippen molar-refractivity contribution < 1.29 is 4.79 Å². The average molecular weight is 367 g/mol. The van der Waals surface area contributed by atoms with Gasteiger partial charge in [0.05, 0.1) is 5.69 Å². The molecule has 0 radical (unpaired) electrons. The molecule has 1 aromatic carbocycles. The highest BCUT2D eigenvalue weighted by Crippen LogP contribution is 2.36. The van der Waals surface area contributed by atoms with Gasteiger partial charge in [0.1, 0.15) is 4.88 Å². The van der Waals surface area contributed by atoms with Crippen molar-refractivity contribution in [1.29, 1.82) is 0 Å². The van der Waals surface area contributed by atoms with Crippen molar-refractivity contribution in [2.45, 2.75) is 38.1 Å². The van der Waals surface area contributed by atoms with Gasteiger partial charge in [0, 0.05) is 27.6 Å². The molecule has 1 amide bonds. The molecule has 21 heavy (non-hydrogen) atoms. The summed E-state index contributed by atoms with van der Waals surface area (Å²) in [6.07, 6.45) is 5.95. The molecule has 0 aliphatic heterocycles. The van der Waals surface area contributed by atoms with Gasteiger partial charge in [-0.15, -0.1) is 11.3 Å². The fourth-order valence-electron chi connectivity index (χ4n) is 3.04. The molecule has 2 N–H and O–H groups in total. The topological polar surface area (TPSA) is 46.3 Å². The third-order valence-electron chi connectivity index (χ3n) is 4.33. The first-order valence-electron chi connectivity index (χ1n) is 7.32. The Morgan fingerprint density at radius 1 is 1.33 bits per heavy atom. The number of hydrogen-bond acceptors (Lipinski definition) is 3. The number of carbonyl (C=O) groups excluding carboxylic acids is 1. The van der Waals surface area contributed by atoms with Crippen LogP contribution in [0.15, 0.2) is 22.7 Å². The maximum absolute atomic E-state index is 12.8. The first-order valence-corrected chi connectivity index (χ1v) is 8.93. The van der Waals surface area contributed by atoms with Crippen molar-refractivity contribution >= 4 is 48.9 Å². The highest BCUT2D eigenvalue weighted by atomic mass is 79.9. The summed E-state index contributed by atoms with van der Waals surface area (Å²) in [5, 5.41) is 0.976. The molecule has 1 aliphatic rings. The Morgan fingerprint density at radius 3 is 2.76 bits per heavy atom. The molecule has 3 nitrogen and oxygen atoms in total. The van der Waals surface area contributed by atoms with Crippen LogP contribution in [0.5, 0.6) is 0 Å². The van der Waals surface area contributed by atoms with E-state index in [1.807, 2.05) is 30.1 Å². The van der Waals surface area contributed by atoms with Crippen molar-refractivity contribution in [3.8, 4) is 0 Å². The summed E-state index contributed by atoms with van der Waals surface area (Å²) in [4.78, 5) is 15.3. The van der Waals surface area contributed by atoms with Crippen LogP contribution in [0.3, 0.4) is 0 Å². The van der Waals surface area contributed by atoms with Crippen molar-refractivity contribution in [2.24, 2.45) is 0 Å². The van der Waals surface area contributed by atoms with Crippen LogP contribution in [0.25, 0.3) is 10.1 Å². The number of halogens is 1. The molecule has 1 heterocycles. The SMILES string of the molecule is CN(C(=O)c1sc2cc(Br)ccc2c1N)C1CCCCC1. The van der Waals surface area contributed by atoms with E-state index in [1.54, 1.807) is 0 Å². The molecule has 1 fully saturated rings. The third kappa shape index (κ3) is 2.81. The summed E-state index contributed by atoms with van der Waals surface area (Å²) < 4.78 is 2.07. The summed E-state index contributed by atoms with van der Waals surface area (Å²) in [5.74, 6) is 0.0664. The van der Waals surface area contributed by atoms with Crippen LogP contribution in [0, 0.1) is 0 Å². The van der Waals surface area contributed by atoms with E-state index in [0.717, 1.165) is 27.4 Å². The second-order valence-corrected chi connectivity index (χ2v) is 7.66. The Labute approximate surface area is 137 Å². The number of anilines is 1. The number of fused-ring (bicyclic) bond motifs is 1. The van der Waals surface area contributed by atoms with E-state index in [0.29, 0.717) is 16.6 Å². The minimum Gasteiger partial charge on any atom is -0.397 e. The Kier molecular flexibility index (Phi) is 4.22. The minimum atomic E-state index is 0.0664. The lowest BCUT2D eigenvalue weighted by atomic mass is 9.94. The molecular weight excluding hydrogens is 348 g/mol. The lowest BCUT2D eigenvalue weighted by Gasteiger charge is -2.31. The minimum absolute atomic E-state index is 0.0664. The van der Waals surface area contributed by atoms with Crippen LogP contribution < -0.4 is 5.73 Å². The Balaban J connectivity index is 1.91. The Hall–Kier alpha value is -1.07. The van der Waals surface area contributed by atoms with E-state index >= 15 is 0 Å². The summed E-state index contributed by atoms with van der Waals surface area (Å²) in [6.45, 7) is 0. The van der Waals surface area contributed by atoms with E-state index in [9.17, 15) is 4.79 Å². The number of hydrogen-bond donors (Lipinski definition) is 1. The Bertz CT molecular complexity index is 676. The zero-order chi connectivity index (χ0) is 15.0. The van der Waals surface area contributed by atoms with E-state index < -0.39 is 0 Å². The van der Waals surface area contributed by atoms with Gasteiger partial charge in [-0.3, -0.25) is 4.79 Å². The summed E-state index contributed by atoms with van der Waals surface area (Å²) in [7, 11) is 1.91. The maximum atomic E-state index is 12.8. The van der Waals surface area contributed by atoms with Gasteiger partial charge in [-0.25, -0.2) is 0 Å². The molecule has 0 bridgehead atoms. The van der Waals surface area contributed by atoms with Crippen LogP contribution in [-0.2, 0) is 0 Å². The predicted molar refractivity (Wildman–Crippen MR) is 92.9 cm³/mol. The van der Waals surface area contributed by atoms with Gasteiger partial charge in [-0.1, -0.05) is 41.3 Å². The van der Waals surface area contributed by atoms with Gasteiger partial charge in [0.2, 0.25) is 0 Å². The Morgan fingerprint density at radius 2 is 2.05 bits per heavy atom. The summed E-state index contributed by atoms with van der Waals surface area (Å²) in [5.41, 5.74) is 6.83. The normalized spacial score (nSPS) is 16.3.